The second kappa shape index (κ2) is 3.86. The topological polar surface area (TPSA) is 61.0 Å². The first-order valence-electron chi connectivity index (χ1n) is 5.07. The molecule has 0 amide bonds. The highest BCUT2D eigenvalue weighted by molar-refractivity contribution is 5.78. The number of rotatable bonds is 2. The maximum absolute atomic E-state index is 5.25. The molecule has 2 aromatic heterocycles. The fourth-order valence-electron chi connectivity index (χ4n) is 1.61. The highest BCUT2D eigenvalue weighted by Gasteiger charge is 2.05. The van der Waals surface area contributed by atoms with Gasteiger partial charge >= 0.3 is 6.01 Å². The van der Waals surface area contributed by atoms with E-state index in [0.717, 1.165) is 22.4 Å². The van der Waals surface area contributed by atoms with Gasteiger partial charge in [0.25, 0.3) is 0 Å². The molecular formula is C12H9N3O2. The van der Waals surface area contributed by atoms with Gasteiger partial charge in [-0.1, -0.05) is 6.07 Å². The van der Waals surface area contributed by atoms with Crippen LogP contribution in [0.2, 0.25) is 0 Å². The summed E-state index contributed by atoms with van der Waals surface area (Å²) in [5.41, 5.74) is 3.29. The normalized spacial score (nSPS) is 10.6. The maximum atomic E-state index is 5.25. The van der Waals surface area contributed by atoms with Crippen molar-refractivity contribution in [1.29, 1.82) is 0 Å². The summed E-state index contributed by atoms with van der Waals surface area (Å²) in [4.78, 5) is 12.3. The Morgan fingerprint density at radius 3 is 3.00 bits per heavy atom. The van der Waals surface area contributed by atoms with Crippen molar-refractivity contribution >= 4 is 11.1 Å². The Hall–Kier alpha value is -2.43. The number of benzene rings is 1. The summed E-state index contributed by atoms with van der Waals surface area (Å²) in [6.45, 7) is 0. The zero-order valence-electron chi connectivity index (χ0n) is 9.12. The Kier molecular flexibility index (Phi) is 2.22. The van der Waals surface area contributed by atoms with Crippen LogP contribution in [0.3, 0.4) is 0 Å². The van der Waals surface area contributed by atoms with Crippen molar-refractivity contribution in [2.75, 3.05) is 7.11 Å². The molecule has 5 heteroatoms. The van der Waals surface area contributed by atoms with Gasteiger partial charge in [0.15, 0.2) is 12.0 Å². The molecule has 0 unspecified atom stereocenters. The molecule has 3 aromatic rings. The van der Waals surface area contributed by atoms with Gasteiger partial charge in [-0.3, -0.25) is 0 Å². The Bertz CT molecular complexity index is 663. The van der Waals surface area contributed by atoms with E-state index in [1.54, 1.807) is 13.3 Å². The zero-order valence-corrected chi connectivity index (χ0v) is 9.12. The molecule has 0 aliphatic carbocycles. The van der Waals surface area contributed by atoms with E-state index in [9.17, 15) is 0 Å². The average molecular weight is 227 g/mol. The minimum atomic E-state index is 0.347. The van der Waals surface area contributed by atoms with E-state index < -0.39 is 0 Å². The fourth-order valence-corrected chi connectivity index (χ4v) is 1.61. The molecule has 5 nitrogen and oxygen atoms in total. The summed E-state index contributed by atoms with van der Waals surface area (Å²) in [5.74, 6) is 0. The van der Waals surface area contributed by atoms with Crippen molar-refractivity contribution in [3.05, 3.63) is 36.9 Å². The van der Waals surface area contributed by atoms with Crippen LogP contribution in [0.25, 0.3) is 22.4 Å². The van der Waals surface area contributed by atoms with Crippen molar-refractivity contribution in [2.24, 2.45) is 0 Å². The van der Waals surface area contributed by atoms with Crippen LogP contribution in [0, 0.1) is 0 Å². The van der Waals surface area contributed by atoms with Crippen LogP contribution in [-0.2, 0) is 0 Å². The Labute approximate surface area is 97.1 Å². The predicted molar refractivity (Wildman–Crippen MR) is 61.6 cm³/mol. The highest BCUT2D eigenvalue weighted by Crippen LogP contribution is 2.22. The molecule has 0 saturated carbocycles. The molecule has 0 spiro atoms. The highest BCUT2D eigenvalue weighted by atomic mass is 16.5. The predicted octanol–water partition coefficient (Wildman–Crippen LogP) is 2.29. The maximum Gasteiger partial charge on any atom is 0.316 e. The molecule has 84 valence electrons. The first kappa shape index (κ1) is 9.77. The molecule has 0 saturated heterocycles. The van der Waals surface area contributed by atoms with Gasteiger partial charge in [0.1, 0.15) is 5.52 Å². The first-order chi connectivity index (χ1) is 8.36. The van der Waals surface area contributed by atoms with E-state index in [1.165, 1.54) is 6.39 Å². The van der Waals surface area contributed by atoms with Gasteiger partial charge in [-0.25, -0.2) is 9.97 Å². The van der Waals surface area contributed by atoms with E-state index in [2.05, 4.69) is 15.0 Å². The van der Waals surface area contributed by atoms with Crippen LogP contribution >= 0.6 is 0 Å². The van der Waals surface area contributed by atoms with Crippen LogP contribution < -0.4 is 4.74 Å². The number of hydrogen-bond donors (Lipinski definition) is 0. The van der Waals surface area contributed by atoms with E-state index >= 15 is 0 Å². The van der Waals surface area contributed by atoms with Gasteiger partial charge in [-0.15, -0.1) is 0 Å². The molecule has 0 radical (unpaired) electrons. The Morgan fingerprint density at radius 1 is 1.18 bits per heavy atom. The number of hydrogen-bond acceptors (Lipinski definition) is 5. The van der Waals surface area contributed by atoms with Crippen molar-refractivity contribution in [3.8, 4) is 17.3 Å². The standard InChI is InChI=1S/C12H9N3O2/c1-16-12-13-5-4-9(15-12)8-2-3-10-11(6-8)17-7-14-10/h2-7H,1H3. The lowest BCUT2D eigenvalue weighted by atomic mass is 10.1. The quantitative estimate of drug-likeness (QED) is 0.672. The molecule has 0 bridgehead atoms. The van der Waals surface area contributed by atoms with Crippen LogP contribution in [0.15, 0.2) is 41.3 Å². The monoisotopic (exact) mass is 227 g/mol. The van der Waals surface area contributed by atoms with Crippen LogP contribution in [-0.4, -0.2) is 22.1 Å². The minimum absolute atomic E-state index is 0.347. The van der Waals surface area contributed by atoms with Crippen molar-refractivity contribution in [1.82, 2.24) is 15.0 Å². The molecule has 17 heavy (non-hydrogen) atoms. The van der Waals surface area contributed by atoms with E-state index in [4.69, 9.17) is 9.15 Å². The second-order valence-corrected chi connectivity index (χ2v) is 3.46. The lowest BCUT2D eigenvalue weighted by molar-refractivity contribution is 0.380. The molecule has 1 aromatic carbocycles. The van der Waals surface area contributed by atoms with Crippen molar-refractivity contribution < 1.29 is 9.15 Å². The van der Waals surface area contributed by atoms with Gasteiger partial charge < -0.3 is 9.15 Å². The lowest BCUT2D eigenvalue weighted by Gasteiger charge is -2.02. The summed E-state index contributed by atoms with van der Waals surface area (Å²) in [6.07, 6.45) is 3.08. The third-order valence-electron chi connectivity index (χ3n) is 2.44. The molecule has 0 N–H and O–H groups in total. The number of ether oxygens (including phenoxy) is 1. The van der Waals surface area contributed by atoms with Gasteiger partial charge in [0.05, 0.1) is 12.8 Å². The fraction of sp³-hybridized carbons (Fsp3) is 0.0833. The lowest BCUT2D eigenvalue weighted by Crippen LogP contribution is -1.92. The summed E-state index contributed by atoms with van der Waals surface area (Å²) >= 11 is 0. The van der Waals surface area contributed by atoms with Gasteiger partial charge in [-0.05, 0) is 18.2 Å². The van der Waals surface area contributed by atoms with Gasteiger partial charge in [-0.2, -0.15) is 4.98 Å². The Morgan fingerprint density at radius 2 is 2.12 bits per heavy atom. The average Bonchev–Trinajstić information content (AvgIpc) is 2.86. The number of oxazole rings is 1. The van der Waals surface area contributed by atoms with Crippen LogP contribution in [0.4, 0.5) is 0 Å². The van der Waals surface area contributed by atoms with E-state index in [0.29, 0.717) is 6.01 Å². The summed E-state index contributed by atoms with van der Waals surface area (Å²) in [5, 5.41) is 0. The van der Waals surface area contributed by atoms with Gasteiger partial charge in [0.2, 0.25) is 0 Å². The first-order valence-corrected chi connectivity index (χ1v) is 5.07. The third-order valence-corrected chi connectivity index (χ3v) is 2.44. The second-order valence-electron chi connectivity index (χ2n) is 3.46. The minimum Gasteiger partial charge on any atom is -0.467 e. The van der Waals surface area contributed by atoms with Crippen molar-refractivity contribution in [2.45, 2.75) is 0 Å². The molecule has 0 atom stereocenters. The third kappa shape index (κ3) is 1.71. The zero-order chi connectivity index (χ0) is 11.7. The number of methoxy groups -OCH3 is 1. The van der Waals surface area contributed by atoms with Crippen molar-refractivity contribution in [3.63, 3.8) is 0 Å². The molecular weight excluding hydrogens is 218 g/mol. The largest absolute Gasteiger partial charge is 0.467 e. The van der Waals surface area contributed by atoms with E-state index in [1.807, 2.05) is 24.3 Å². The SMILES string of the molecule is COc1nccc(-c2ccc3ncoc3c2)n1. The summed E-state index contributed by atoms with van der Waals surface area (Å²) < 4.78 is 10.2. The molecule has 0 aliphatic rings. The van der Waals surface area contributed by atoms with Gasteiger partial charge in [0, 0.05) is 11.8 Å². The molecule has 0 fully saturated rings. The van der Waals surface area contributed by atoms with E-state index in [-0.39, 0.29) is 0 Å². The summed E-state index contributed by atoms with van der Waals surface area (Å²) in [6, 6.07) is 7.89. The number of aromatic nitrogens is 3. The molecule has 0 aliphatic heterocycles. The Balaban J connectivity index is 2.12. The smallest absolute Gasteiger partial charge is 0.316 e. The molecule has 2 heterocycles. The summed E-state index contributed by atoms with van der Waals surface area (Å²) in [7, 11) is 1.54. The van der Waals surface area contributed by atoms with Crippen LogP contribution in [0.5, 0.6) is 6.01 Å². The number of nitrogens with zero attached hydrogens (tertiary/aromatic N) is 3. The molecule has 3 rings (SSSR count). The number of fused-ring (bicyclic) bond motifs is 1. The van der Waals surface area contributed by atoms with Crippen LogP contribution in [0.1, 0.15) is 0 Å².